The molecule has 0 bridgehead atoms. The fourth-order valence-corrected chi connectivity index (χ4v) is 2.96. The highest BCUT2D eigenvalue weighted by Crippen LogP contribution is 2.22. The average molecular weight is 384 g/mol. The van der Waals surface area contributed by atoms with Crippen molar-refractivity contribution in [3.05, 3.63) is 108 Å². The molecule has 29 heavy (non-hydrogen) atoms. The fraction of sp³-hybridized carbons (Fsp3) is 0.0870. The predicted octanol–water partition coefficient (Wildman–Crippen LogP) is 4.24. The summed E-state index contributed by atoms with van der Waals surface area (Å²) < 4.78 is 5.78. The van der Waals surface area contributed by atoms with Crippen molar-refractivity contribution >= 4 is 5.91 Å². The molecule has 1 N–H and O–H groups in total. The van der Waals surface area contributed by atoms with Crippen molar-refractivity contribution in [2.24, 2.45) is 0 Å². The smallest absolute Gasteiger partial charge is 0.251 e. The molecule has 0 fully saturated rings. The van der Waals surface area contributed by atoms with Gasteiger partial charge in [0.25, 0.3) is 5.91 Å². The van der Waals surface area contributed by atoms with Gasteiger partial charge in [0.1, 0.15) is 11.5 Å². The third-order valence-corrected chi connectivity index (χ3v) is 4.42. The molecular formula is C23H20N4O2. The molecule has 3 aromatic carbocycles. The van der Waals surface area contributed by atoms with Crippen LogP contribution in [0.2, 0.25) is 0 Å². The Morgan fingerprint density at radius 2 is 1.41 bits per heavy atom. The molecule has 0 aliphatic heterocycles. The van der Waals surface area contributed by atoms with Crippen LogP contribution in [0.5, 0.6) is 11.5 Å². The Morgan fingerprint density at radius 1 is 0.828 bits per heavy atom. The summed E-state index contributed by atoms with van der Waals surface area (Å²) in [5.41, 5.74) is 1.54. The summed E-state index contributed by atoms with van der Waals surface area (Å²) in [4.78, 5) is 14.4. The molecule has 0 aliphatic rings. The highest BCUT2D eigenvalue weighted by atomic mass is 16.5. The lowest BCUT2D eigenvalue weighted by atomic mass is 10.1. The van der Waals surface area contributed by atoms with E-state index in [0.717, 1.165) is 11.3 Å². The summed E-state index contributed by atoms with van der Waals surface area (Å²) in [6, 6.07) is 26.1. The molecule has 1 amide bonds. The van der Waals surface area contributed by atoms with Crippen LogP contribution in [0.25, 0.3) is 0 Å². The second kappa shape index (κ2) is 8.84. The van der Waals surface area contributed by atoms with Gasteiger partial charge < -0.3 is 10.1 Å². The second-order valence-corrected chi connectivity index (χ2v) is 6.46. The molecule has 4 rings (SSSR count). The number of nitrogens with one attached hydrogen (secondary N) is 1. The first-order valence-electron chi connectivity index (χ1n) is 9.31. The van der Waals surface area contributed by atoms with Gasteiger partial charge in [0.2, 0.25) is 0 Å². The van der Waals surface area contributed by atoms with Gasteiger partial charge in [-0.15, -0.1) is 0 Å². The van der Waals surface area contributed by atoms with Crippen LogP contribution in [0, 0.1) is 0 Å². The second-order valence-electron chi connectivity index (χ2n) is 6.46. The zero-order valence-corrected chi connectivity index (χ0v) is 15.7. The summed E-state index contributed by atoms with van der Waals surface area (Å²) in [7, 11) is 0. The van der Waals surface area contributed by atoms with Gasteiger partial charge in [-0.1, -0.05) is 48.5 Å². The van der Waals surface area contributed by atoms with Crippen molar-refractivity contribution in [3.8, 4) is 11.5 Å². The normalized spacial score (nSPS) is 11.6. The number of carbonyl (C=O) groups excluding carboxylic acids is 1. The van der Waals surface area contributed by atoms with E-state index in [2.05, 4.69) is 15.5 Å². The molecule has 0 saturated heterocycles. The van der Waals surface area contributed by atoms with Crippen molar-refractivity contribution in [1.82, 2.24) is 20.3 Å². The first kappa shape index (κ1) is 18.4. The molecule has 0 aliphatic carbocycles. The molecule has 1 aromatic heterocycles. The van der Waals surface area contributed by atoms with E-state index in [1.807, 2.05) is 60.7 Å². The molecule has 1 unspecified atom stereocenters. The summed E-state index contributed by atoms with van der Waals surface area (Å²) in [5, 5.41) is 11.4. The van der Waals surface area contributed by atoms with E-state index in [-0.39, 0.29) is 11.9 Å². The average Bonchev–Trinajstić information content (AvgIpc) is 3.28. The Kier molecular flexibility index (Phi) is 5.62. The van der Waals surface area contributed by atoms with Crippen molar-refractivity contribution in [1.29, 1.82) is 0 Å². The molecule has 0 spiro atoms. The summed E-state index contributed by atoms with van der Waals surface area (Å²) in [6.45, 7) is 0.442. The van der Waals surface area contributed by atoms with Gasteiger partial charge in [0, 0.05) is 5.56 Å². The monoisotopic (exact) mass is 384 g/mol. The van der Waals surface area contributed by atoms with Crippen molar-refractivity contribution in [3.63, 3.8) is 0 Å². The Hall–Kier alpha value is -3.93. The van der Waals surface area contributed by atoms with E-state index < -0.39 is 0 Å². The first-order chi connectivity index (χ1) is 14.3. The van der Waals surface area contributed by atoms with Crippen LogP contribution >= 0.6 is 0 Å². The summed E-state index contributed by atoms with van der Waals surface area (Å²) in [6.07, 6.45) is 3.24. The topological polar surface area (TPSA) is 69.0 Å². The van der Waals surface area contributed by atoms with Gasteiger partial charge >= 0.3 is 0 Å². The molecule has 6 nitrogen and oxygen atoms in total. The number of aromatic nitrogens is 3. The van der Waals surface area contributed by atoms with E-state index in [1.54, 1.807) is 41.5 Å². The minimum absolute atomic E-state index is 0.169. The van der Waals surface area contributed by atoms with E-state index in [4.69, 9.17) is 4.74 Å². The lowest BCUT2D eigenvalue weighted by Gasteiger charge is -2.19. The Labute approximate surface area is 168 Å². The largest absolute Gasteiger partial charge is 0.457 e. The van der Waals surface area contributed by atoms with Crippen LogP contribution < -0.4 is 10.1 Å². The first-order valence-corrected chi connectivity index (χ1v) is 9.31. The number of ether oxygens (including phenoxy) is 1. The van der Waals surface area contributed by atoms with E-state index >= 15 is 0 Å². The lowest BCUT2D eigenvalue weighted by Crippen LogP contribution is -2.32. The van der Waals surface area contributed by atoms with Crippen LogP contribution in [0.4, 0.5) is 0 Å². The third kappa shape index (κ3) is 4.87. The molecule has 1 heterocycles. The van der Waals surface area contributed by atoms with Crippen LogP contribution in [0.1, 0.15) is 22.0 Å². The fourth-order valence-electron chi connectivity index (χ4n) is 2.96. The van der Waals surface area contributed by atoms with Gasteiger partial charge in [-0.3, -0.25) is 4.79 Å². The van der Waals surface area contributed by atoms with Gasteiger partial charge in [-0.2, -0.15) is 15.0 Å². The van der Waals surface area contributed by atoms with Crippen LogP contribution in [0.3, 0.4) is 0 Å². The van der Waals surface area contributed by atoms with Crippen molar-refractivity contribution < 1.29 is 9.53 Å². The van der Waals surface area contributed by atoms with E-state index in [1.165, 1.54) is 0 Å². The van der Waals surface area contributed by atoms with Gasteiger partial charge in [0.15, 0.2) is 0 Å². The molecule has 4 aromatic rings. The number of carbonyl (C=O) groups is 1. The van der Waals surface area contributed by atoms with Crippen LogP contribution in [0.15, 0.2) is 97.3 Å². The molecule has 0 radical (unpaired) electrons. The number of rotatable bonds is 7. The van der Waals surface area contributed by atoms with Gasteiger partial charge in [0.05, 0.1) is 25.0 Å². The molecule has 0 saturated carbocycles. The maximum atomic E-state index is 12.8. The SMILES string of the molecule is O=C(NC(Cn1nccn1)c1ccccc1)c1ccc(Oc2ccccc2)cc1. The maximum absolute atomic E-state index is 12.8. The zero-order valence-electron chi connectivity index (χ0n) is 15.7. The molecule has 1 atom stereocenters. The Morgan fingerprint density at radius 3 is 2.07 bits per heavy atom. The Bertz CT molecular complexity index is 1030. The number of para-hydroxylation sites is 1. The standard InChI is InChI=1S/C23H20N4O2/c28-23(19-11-13-21(14-12-19)29-20-9-5-2-6-10-20)26-22(17-27-24-15-16-25-27)18-7-3-1-4-8-18/h1-16,22H,17H2,(H,26,28). The Balaban J connectivity index is 1.47. The summed E-state index contributed by atoms with van der Waals surface area (Å²) in [5.74, 6) is 1.26. The lowest BCUT2D eigenvalue weighted by molar-refractivity contribution is 0.0930. The minimum atomic E-state index is -0.253. The zero-order chi connectivity index (χ0) is 19.9. The quantitative estimate of drug-likeness (QED) is 0.517. The van der Waals surface area contributed by atoms with Crippen molar-refractivity contribution in [2.75, 3.05) is 0 Å². The number of amides is 1. The summed E-state index contributed by atoms with van der Waals surface area (Å²) >= 11 is 0. The number of hydrogen-bond donors (Lipinski definition) is 1. The van der Waals surface area contributed by atoms with Crippen LogP contribution in [-0.4, -0.2) is 20.9 Å². The highest BCUT2D eigenvalue weighted by molar-refractivity contribution is 5.94. The van der Waals surface area contributed by atoms with Gasteiger partial charge in [-0.25, -0.2) is 0 Å². The predicted molar refractivity (Wildman–Crippen MR) is 110 cm³/mol. The molecule has 6 heteroatoms. The molecule has 144 valence electrons. The number of nitrogens with zero attached hydrogens (tertiary/aromatic N) is 3. The minimum Gasteiger partial charge on any atom is -0.457 e. The highest BCUT2D eigenvalue weighted by Gasteiger charge is 2.17. The third-order valence-electron chi connectivity index (χ3n) is 4.42. The van der Waals surface area contributed by atoms with E-state index in [0.29, 0.717) is 17.9 Å². The number of benzene rings is 3. The number of hydrogen-bond acceptors (Lipinski definition) is 4. The maximum Gasteiger partial charge on any atom is 0.251 e. The van der Waals surface area contributed by atoms with Gasteiger partial charge in [-0.05, 0) is 42.0 Å². The van der Waals surface area contributed by atoms with E-state index in [9.17, 15) is 4.79 Å². The van der Waals surface area contributed by atoms with Crippen molar-refractivity contribution in [2.45, 2.75) is 12.6 Å². The van der Waals surface area contributed by atoms with Crippen LogP contribution in [-0.2, 0) is 6.54 Å². The molecular weight excluding hydrogens is 364 g/mol.